The average molecular weight is 445 g/mol. The maximum atomic E-state index is 13.1. The van der Waals surface area contributed by atoms with E-state index in [9.17, 15) is 4.79 Å². The molecule has 2 aromatic heterocycles. The van der Waals surface area contributed by atoms with Crippen LogP contribution >= 0.6 is 0 Å². The Hall–Kier alpha value is -4.20. The highest BCUT2D eigenvalue weighted by molar-refractivity contribution is 5.95. The first-order chi connectivity index (χ1) is 16.2. The molecule has 3 heterocycles. The third-order valence-electron chi connectivity index (χ3n) is 5.57. The first-order valence-corrected chi connectivity index (χ1v) is 10.6. The zero-order chi connectivity index (χ0) is 22.6. The molecule has 168 valence electrons. The quantitative estimate of drug-likeness (QED) is 0.436. The molecule has 0 aliphatic carbocycles. The highest BCUT2D eigenvalue weighted by Crippen LogP contribution is 2.34. The van der Waals surface area contributed by atoms with Gasteiger partial charge in [-0.2, -0.15) is 5.10 Å². The van der Waals surface area contributed by atoms with Crippen molar-refractivity contribution in [2.45, 2.75) is 13.0 Å². The Labute approximate surface area is 190 Å². The summed E-state index contributed by atoms with van der Waals surface area (Å²) in [7, 11) is 1.62. The zero-order valence-electron chi connectivity index (χ0n) is 18.0. The monoisotopic (exact) mass is 445 g/mol. The van der Waals surface area contributed by atoms with Crippen LogP contribution < -0.4 is 19.5 Å². The number of carbonyl (C=O) groups excluding carboxylic acids is 1. The minimum atomic E-state index is -0.337. The molecule has 1 aliphatic heterocycles. The Bertz CT molecular complexity index is 1240. The van der Waals surface area contributed by atoms with Gasteiger partial charge in [0, 0.05) is 11.8 Å². The number of hydrogen-bond donors (Lipinski definition) is 2. The second-order valence-corrected chi connectivity index (χ2v) is 7.74. The van der Waals surface area contributed by atoms with Crippen molar-refractivity contribution in [2.75, 3.05) is 19.0 Å². The van der Waals surface area contributed by atoms with E-state index in [1.54, 1.807) is 31.8 Å². The number of furan rings is 1. The van der Waals surface area contributed by atoms with Gasteiger partial charge in [-0.15, -0.1) is 0 Å². The minimum absolute atomic E-state index is 0.137. The van der Waals surface area contributed by atoms with E-state index in [4.69, 9.17) is 18.6 Å². The number of nitrogens with one attached hydrogen (secondary N) is 2. The van der Waals surface area contributed by atoms with Crippen LogP contribution in [0.3, 0.4) is 0 Å². The van der Waals surface area contributed by atoms with Gasteiger partial charge in [0.25, 0.3) is 0 Å². The number of rotatable bonds is 7. The van der Waals surface area contributed by atoms with E-state index < -0.39 is 0 Å². The van der Waals surface area contributed by atoms with Crippen LogP contribution in [-0.2, 0) is 17.8 Å². The number of aromatic nitrogens is 2. The molecular formula is C25H23N3O5. The fraction of sp³-hybridized carbons (Fsp3) is 0.200. The van der Waals surface area contributed by atoms with E-state index in [0.29, 0.717) is 30.2 Å². The molecule has 5 rings (SSSR count). The fourth-order valence-corrected chi connectivity index (χ4v) is 3.78. The Balaban J connectivity index is 1.35. The third kappa shape index (κ3) is 4.55. The van der Waals surface area contributed by atoms with Crippen molar-refractivity contribution in [1.29, 1.82) is 0 Å². The number of amides is 1. The largest absolute Gasteiger partial charge is 0.497 e. The number of aromatic amines is 1. The molecule has 0 saturated heterocycles. The van der Waals surface area contributed by atoms with Gasteiger partial charge in [-0.1, -0.05) is 6.07 Å². The SMILES string of the molecule is COc1ccc2c(c1)C[C@H](C(=O)Nc1ccc(-c3cn[nH]c3)cc1OCc1ccco1)CO2. The molecule has 1 amide bonds. The molecule has 0 radical (unpaired) electrons. The lowest BCUT2D eigenvalue weighted by molar-refractivity contribution is -0.121. The van der Waals surface area contributed by atoms with Gasteiger partial charge in [0.05, 0.1) is 31.2 Å². The topological polar surface area (TPSA) is 98.6 Å². The predicted octanol–water partition coefficient (Wildman–Crippen LogP) is 4.45. The van der Waals surface area contributed by atoms with Gasteiger partial charge in [0.2, 0.25) is 5.91 Å². The fourth-order valence-electron chi connectivity index (χ4n) is 3.78. The molecule has 8 nitrogen and oxygen atoms in total. The third-order valence-corrected chi connectivity index (χ3v) is 5.57. The van der Waals surface area contributed by atoms with Crippen molar-refractivity contribution < 1.29 is 23.4 Å². The summed E-state index contributed by atoms with van der Waals surface area (Å²) in [5, 5.41) is 9.83. The van der Waals surface area contributed by atoms with E-state index >= 15 is 0 Å². The number of hydrogen-bond acceptors (Lipinski definition) is 6. The Kier molecular flexibility index (Phi) is 5.72. The Morgan fingerprint density at radius 2 is 2.15 bits per heavy atom. The molecule has 8 heteroatoms. The molecule has 0 saturated carbocycles. The predicted molar refractivity (Wildman–Crippen MR) is 121 cm³/mol. The molecule has 0 bridgehead atoms. The second-order valence-electron chi connectivity index (χ2n) is 7.74. The molecule has 4 aromatic rings. The lowest BCUT2D eigenvalue weighted by atomic mass is 9.95. The summed E-state index contributed by atoms with van der Waals surface area (Å²) in [5.41, 5.74) is 3.36. The number of methoxy groups -OCH3 is 1. The number of fused-ring (bicyclic) bond motifs is 1. The van der Waals surface area contributed by atoms with Crippen LogP contribution in [0.2, 0.25) is 0 Å². The van der Waals surface area contributed by atoms with Gasteiger partial charge >= 0.3 is 0 Å². The normalized spacial score (nSPS) is 14.8. The maximum absolute atomic E-state index is 13.1. The van der Waals surface area contributed by atoms with E-state index in [-0.39, 0.29) is 18.4 Å². The van der Waals surface area contributed by atoms with E-state index in [0.717, 1.165) is 28.2 Å². The Morgan fingerprint density at radius 3 is 2.94 bits per heavy atom. The van der Waals surface area contributed by atoms with Crippen LogP contribution in [0.4, 0.5) is 5.69 Å². The first kappa shape index (κ1) is 20.7. The molecule has 33 heavy (non-hydrogen) atoms. The van der Waals surface area contributed by atoms with E-state index in [2.05, 4.69) is 15.5 Å². The van der Waals surface area contributed by atoms with Crippen molar-refractivity contribution in [3.63, 3.8) is 0 Å². The van der Waals surface area contributed by atoms with Gasteiger partial charge in [-0.05, 0) is 60.0 Å². The van der Waals surface area contributed by atoms with Crippen LogP contribution in [0, 0.1) is 5.92 Å². The average Bonchev–Trinajstić information content (AvgIpc) is 3.57. The van der Waals surface area contributed by atoms with Gasteiger partial charge in [0.15, 0.2) is 0 Å². The molecule has 1 aliphatic rings. The maximum Gasteiger partial charge on any atom is 0.231 e. The summed E-state index contributed by atoms with van der Waals surface area (Å²) < 4.78 is 22.5. The van der Waals surface area contributed by atoms with E-state index in [1.165, 1.54) is 0 Å². The van der Waals surface area contributed by atoms with Gasteiger partial charge in [-0.25, -0.2) is 0 Å². The molecule has 2 aromatic carbocycles. The van der Waals surface area contributed by atoms with Crippen LogP contribution in [-0.4, -0.2) is 29.8 Å². The van der Waals surface area contributed by atoms with Crippen molar-refractivity contribution in [1.82, 2.24) is 10.2 Å². The van der Waals surface area contributed by atoms with Crippen molar-refractivity contribution >= 4 is 11.6 Å². The number of anilines is 1. The van der Waals surface area contributed by atoms with Gasteiger partial charge in [0.1, 0.15) is 36.2 Å². The van der Waals surface area contributed by atoms with Crippen molar-refractivity contribution in [3.8, 4) is 28.4 Å². The molecule has 0 unspecified atom stereocenters. The van der Waals surface area contributed by atoms with Crippen molar-refractivity contribution in [3.05, 3.63) is 78.5 Å². The minimum Gasteiger partial charge on any atom is -0.497 e. The summed E-state index contributed by atoms with van der Waals surface area (Å²) in [6, 6.07) is 14.9. The second kappa shape index (κ2) is 9.12. The molecule has 0 fully saturated rings. The number of H-pyrrole nitrogens is 1. The summed E-state index contributed by atoms with van der Waals surface area (Å²) in [4.78, 5) is 13.1. The highest BCUT2D eigenvalue weighted by Gasteiger charge is 2.27. The highest BCUT2D eigenvalue weighted by atomic mass is 16.5. The van der Waals surface area contributed by atoms with Gasteiger partial charge in [-0.3, -0.25) is 9.89 Å². The summed E-state index contributed by atoms with van der Waals surface area (Å²) >= 11 is 0. The number of ether oxygens (including phenoxy) is 3. The van der Waals surface area contributed by atoms with Crippen LogP contribution in [0.15, 0.2) is 71.6 Å². The number of carbonyl (C=O) groups is 1. The van der Waals surface area contributed by atoms with Crippen LogP contribution in [0.5, 0.6) is 17.2 Å². The standard InChI is InChI=1S/C25H23N3O5/c1-30-20-5-7-23-17(10-20)9-18(14-32-23)25(29)28-22-6-4-16(19-12-26-27-13-19)11-24(22)33-15-21-3-2-8-31-21/h2-8,10-13,18H,9,14-15H2,1H3,(H,26,27)(H,28,29)/t18-/m0/s1. The summed E-state index contributed by atoms with van der Waals surface area (Å²) in [5.74, 6) is 2.27. The molecule has 1 atom stereocenters. The lowest BCUT2D eigenvalue weighted by Gasteiger charge is -2.25. The number of nitrogens with zero attached hydrogens (tertiary/aromatic N) is 1. The van der Waals surface area contributed by atoms with Crippen LogP contribution in [0.25, 0.3) is 11.1 Å². The Morgan fingerprint density at radius 1 is 1.21 bits per heavy atom. The molecular weight excluding hydrogens is 422 g/mol. The summed E-state index contributed by atoms with van der Waals surface area (Å²) in [6.07, 6.45) is 5.69. The first-order valence-electron chi connectivity index (χ1n) is 10.6. The summed E-state index contributed by atoms with van der Waals surface area (Å²) in [6.45, 7) is 0.547. The molecule has 2 N–H and O–H groups in total. The smallest absolute Gasteiger partial charge is 0.231 e. The van der Waals surface area contributed by atoms with E-state index in [1.807, 2.05) is 42.5 Å². The van der Waals surface area contributed by atoms with Crippen LogP contribution in [0.1, 0.15) is 11.3 Å². The number of benzene rings is 2. The zero-order valence-corrected chi connectivity index (χ0v) is 18.0. The van der Waals surface area contributed by atoms with Crippen molar-refractivity contribution in [2.24, 2.45) is 5.92 Å². The van der Waals surface area contributed by atoms with Gasteiger partial charge < -0.3 is 23.9 Å². The molecule has 0 spiro atoms. The lowest BCUT2D eigenvalue weighted by Crippen LogP contribution is -2.32.